The summed E-state index contributed by atoms with van der Waals surface area (Å²) in [5.41, 5.74) is 0. The zero-order valence-corrected chi connectivity index (χ0v) is 24.0. The zero-order valence-electron chi connectivity index (χ0n) is 24.0. The average Bonchev–Trinajstić information content (AvgIpc) is 2.79. The first-order chi connectivity index (χ1) is 15.1. The maximum Gasteiger partial charge on any atom is -0.0356 e. The normalized spacial score (nSPS) is 8.77. The molecular weight excluding hydrogens is 372 g/mol. The molecule has 0 saturated heterocycles. The third-order valence-corrected chi connectivity index (χ3v) is 4.61. The van der Waals surface area contributed by atoms with Crippen LogP contribution >= 0.6 is 0 Å². The molecule has 0 aromatic heterocycles. The van der Waals surface area contributed by atoms with E-state index in [2.05, 4.69) is 68.5 Å². The predicted molar refractivity (Wildman–Crippen MR) is 154 cm³/mol. The van der Waals surface area contributed by atoms with Crippen molar-refractivity contribution in [1.82, 2.24) is 0 Å². The van der Waals surface area contributed by atoms with Gasteiger partial charge in [-0.25, -0.2) is 0 Å². The highest BCUT2D eigenvalue weighted by Crippen LogP contribution is 2.03. The molecule has 0 saturated carbocycles. The molecule has 0 rings (SSSR count). The Morgan fingerprint density at radius 3 is 0.645 bits per heavy atom. The SMILES string of the molecule is C=CCCC.C=CCCC.CCCCCC.CCCCCCC.CCCCCCCC. The number of rotatable bonds is 16. The molecule has 0 heteroatoms. The fraction of sp³-hybridized carbons (Fsp3) is 0.871. The molecular formula is C31H68. The van der Waals surface area contributed by atoms with Gasteiger partial charge in [0.05, 0.1) is 0 Å². The molecule has 0 aliphatic rings. The van der Waals surface area contributed by atoms with E-state index in [0.717, 1.165) is 12.8 Å². The Morgan fingerprint density at radius 1 is 0.323 bits per heavy atom. The van der Waals surface area contributed by atoms with Crippen molar-refractivity contribution in [3.63, 3.8) is 0 Å². The van der Waals surface area contributed by atoms with E-state index >= 15 is 0 Å². The van der Waals surface area contributed by atoms with Crippen molar-refractivity contribution in [3.05, 3.63) is 25.3 Å². The molecule has 0 fully saturated rings. The number of unbranched alkanes of at least 4 members (excludes halogenated alkanes) is 14. The van der Waals surface area contributed by atoms with Crippen LogP contribution in [0.15, 0.2) is 25.3 Å². The van der Waals surface area contributed by atoms with Crippen molar-refractivity contribution in [2.24, 2.45) is 0 Å². The standard InChI is InChI=1S/C8H18.C7H16.C6H14.2C5H10/c1-3-5-7-8-6-4-2;1-3-5-7-6-4-2;1-3-5-6-4-2;2*1-3-5-4-2/h3-8H2,1-2H3;3-7H2,1-2H3;3-6H2,1-2H3;2*3H,1,4-5H2,2H3. The second-order valence-electron chi connectivity index (χ2n) is 8.34. The number of hydrogen-bond donors (Lipinski definition) is 0. The minimum atomic E-state index is 1.15. The van der Waals surface area contributed by atoms with Gasteiger partial charge in [0.1, 0.15) is 0 Å². The highest BCUT2D eigenvalue weighted by atomic mass is 13.9. The van der Waals surface area contributed by atoms with Gasteiger partial charge < -0.3 is 0 Å². The van der Waals surface area contributed by atoms with Crippen LogP contribution in [-0.2, 0) is 0 Å². The first kappa shape index (κ1) is 40.8. The van der Waals surface area contributed by atoms with E-state index in [0.29, 0.717) is 0 Å². The minimum Gasteiger partial charge on any atom is -0.103 e. The zero-order chi connectivity index (χ0) is 24.8. The van der Waals surface area contributed by atoms with E-state index in [1.54, 1.807) is 0 Å². The molecule has 0 N–H and O–H groups in total. The Bertz CT molecular complexity index is 204. The lowest BCUT2D eigenvalue weighted by Crippen LogP contribution is -1.73. The average molecular weight is 441 g/mol. The Hall–Kier alpha value is -0.520. The van der Waals surface area contributed by atoms with Crippen molar-refractivity contribution < 1.29 is 0 Å². The summed E-state index contributed by atoms with van der Waals surface area (Å²) in [5, 5.41) is 0. The van der Waals surface area contributed by atoms with Gasteiger partial charge in [0, 0.05) is 0 Å². The topological polar surface area (TPSA) is 0 Å². The van der Waals surface area contributed by atoms with Crippen LogP contribution in [0.2, 0.25) is 0 Å². The van der Waals surface area contributed by atoms with Crippen LogP contribution in [-0.4, -0.2) is 0 Å². The smallest absolute Gasteiger partial charge is 0.0356 e. The van der Waals surface area contributed by atoms with E-state index in [4.69, 9.17) is 0 Å². The van der Waals surface area contributed by atoms with E-state index < -0.39 is 0 Å². The largest absolute Gasteiger partial charge is 0.103 e. The number of hydrogen-bond acceptors (Lipinski definition) is 0. The predicted octanol–water partition coefficient (Wildman–Crippen LogP) is 12.9. The van der Waals surface area contributed by atoms with Crippen LogP contribution in [0.25, 0.3) is 0 Å². The second kappa shape index (κ2) is 57.0. The van der Waals surface area contributed by atoms with Crippen LogP contribution in [0, 0.1) is 0 Å². The fourth-order valence-corrected chi connectivity index (χ4v) is 2.44. The molecule has 0 aromatic carbocycles. The van der Waals surface area contributed by atoms with Gasteiger partial charge in [0.25, 0.3) is 0 Å². The Labute approximate surface area is 202 Å². The van der Waals surface area contributed by atoms with Gasteiger partial charge in [-0.05, 0) is 12.8 Å². The van der Waals surface area contributed by atoms with Gasteiger partial charge in [-0.15, -0.1) is 13.2 Å². The highest BCUT2D eigenvalue weighted by molar-refractivity contribution is 4.63. The highest BCUT2D eigenvalue weighted by Gasteiger charge is 1.83. The van der Waals surface area contributed by atoms with Crippen LogP contribution in [0.1, 0.15) is 177 Å². The van der Waals surface area contributed by atoms with Gasteiger partial charge >= 0.3 is 0 Å². The molecule has 0 aliphatic heterocycles. The molecule has 0 spiro atoms. The second-order valence-corrected chi connectivity index (χ2v) is 8.34. The summed E-state index contributed by atoms with van der Waals surface area (Å²) >= 11 is 0. The summed E-state index contributed by atoms with van der Waals surface area (Å²) in [6, 6.07) is 0. The molecule has 0 aromatic rings. The first-order valence-electron chi connectivity index (χ1n) is 14.3. The third kappa shape index (κ3) is 92.9. The quantitative estimate of drug-likeness (QED) is 0.165. The summed E-state index contributed by atoms with van der Waals surface area (Å²) in [4.78, 5) is 0. The maximum atomic E-state index is 3.55. The molecule has 192 valence electrons. The lowest BCUT2D eigenvalue weighted by atomic mass is 10.1. The minimum absolute atomic E-state index is 1.15. The monoisotopic (exact) mass is 441 g/mol. The van der Waals surface area contributed by atoms with Gasteiger partial charge in [-0.1, -0.05) is 177 Å². The third-order valence-electron chi connectivity index (χ3n) is 4.61. The van der Waals surface area contributed by atoms with E-state index in [1.165, 1.54) is 109 Å². The molecule has 0 nitrogen and oxygen atoms in total. The number of allylic oxidation sites excluding steroid dienone is 2. The van der Waals surface area contributed by atoms with Crippen LogP contribution in [0.3, 0.4) is 0 Å². The summed E-state index contributed by atoms with van der Waals surface area (Å²) in [6.07, 6.45) is 29.7. The summed E-state index contributed by atoms with van der Waals surface area (Å²) in [6.45, 7) is 24.8. The molecule has 0 unspecified atom stereocenters. The maximum absolute atomic E-state index is 3.55. The summed E-state index contributed by atoms with van der Waals surface area (Å²) in [5.74, 6) is 0. The lowest BCUT2D eigenvalue weighted by molar-refractivity contribution is 0.624. The van der Waals surface area contributed by atoms with Crippen LogP contribution < -0.4 is 0 Å². The van der Waals surface area contributed by atoms with E-state index in [1.807, 2.05) is 12.2 Å². The Balaban J connectivity index is -0.0000000920. The van der Waals surface area contributed by atoms with Gasteiger partial charge in [0.15, 0.2) is 0 Å². The molecule has 0 aliphatic carbocycles. The molecule has 0 radical (unpaired) electrons. The molecule has 31 heavy (non-hydrogen) atoms. The van der Waals surface area contributed by atoms with Crippen LogP contribution in [0.5, 0.6) is 0 Å². The fourth-order valence-electron chi connectivity index (χ4n) is 2.44. The van der Waals surface area contributed by atoms with Crippen molar-refractivity contribution in [2.75, 3.05) is 0 Å². The first-order valence-corrected chi connectivity index (χ1v) is 14.3. The summed E-state index contributed by atoms with van der Waals surface area (Å²) in [7, 11) is 0. The molecule has 0 amide bonds. The molecule has 0 bridgehead atoms. The molecule has 0 atom stereocenters. The lowest BCUT2D eigenvalue weighted by Gasteiger charge is -1.93. The summed E-state index contributed by atoms with van der Waals surface area (Å²) < 4.78 is 0. The Kier molecular flexibility index (Phi) is 75.0. The van der Waals surface area contributed by atoms with Crippen molar-refractivity contribution in [3.8, 4) is 0 Å². The Morgan fingerprint density at radius 2 is 0.516 bits per heavy atom. The van der Waals surface area contributed by atoms with E-state index in [-0.39, 0.29) is 0 Å². The van der Waals surface area contributed by atoms with Crippen molar-refractivity contribution in [1.29, 1.82) is 0 Å². The van der Waals surface area contributed by atoms with Gasteiger partial charge in [0.2, 0.25) is 0 Å². The van der Waals surface area contributed by atoms with Crippen molar-refractivity contribution in [2.45, 2.75) is 177 Å². The van der Waals surface area contributed by atoms with Crippen LogP contribution in [0.4, 0.5) is 0 Å². The van der Waals surface area contributed by atoms with Gasteiger partial charge in [-0.2, -0.15) is 0 Å². The molecule has 0 heterocycles. The van der Waals surface area contributed by atoms with Gasteiger partial charge in [-0.3, -0.25) is 0 Å². The van der Waals surface area contributed by atoms with Crippen molar-refractivity contribution >= 4 is 0 Å². The van der Waals surface area contributed by atoms with E-state index in [9.17, 15) is 0 Å².